The number of phenolic OH excluding ortho intramolecular Hbond substituents is 2. The Bertz CT molecular complexity index is 480. The highest BCUT2D eigenvalue weighted by atomic mass is 35.5. The fraction of sp³-hybridized carbons (Fsp3) is 0. The molecule has 0 aromatic heterocycles. The Morgan fingerprint density at radius 2 is 1.53 bits per heavy atom. The molecule has 2 aromatic rings. The van der Waals surface area contributed by atoms with Crippen molar-refractivity contribution in [1.82, 2.24) is 0 Å². The minimum absolute atomic E-state index is 0.0340. The standard InChI is InChI=1S/C12H9ClO2/c13-10-7-11(14)9(6-12(10)15)8-4-2-1-3-5-8/h1-7,14-15H. The summed E-state index contributed by atoms with van der Waals surface area (Å²) >= 11 is 5.66. The second-order valence-corrected chi connectivity index (χ2v) is 3.59. The van der Waals surface area contributed by atoms with Gasteiger partial charge in [-0.2, -0.15) is 0 Å². The third-order valence-corrected chi connectivity index (χ3v) is 2.45. The molecule has 0 unspecified atom stereocenters. The molecule has 0 saturated carbocycles. The Balaban J connectivity index is 2.59. The molecule has 0 atom stereocenters. The third kappa shape index (κ3) is 1.90. The van der Waals surface area contributed by atoms with E-state index in [9.17, 15) is 10.2 Å². The molecule has 0 aliphatic heterocycles. The van der Waals surface area contributed by atoms with Gasteiger partial charge in [0.1, 0.15) is 11.5 Å². The van der Waals surface area contributed by atoms with E-state index in [-0.39, 0.29) is 16.5 Å². The number of benzene rings is 2. The lowest BCUT2D eigenvalue weighted by Gasteiger charge is -2.06. The number of hydrogen-bond donors (Lipinski definition) is 2. The number of hydrogen-bond acceptors (Lipinski definition) is 2. The van der Waals surface area contributed by atoms with Gasteiger partial charge >= 0.3 is 0 Å². The van der Waals surface area contributed by atoms with Crippen molar-refractivity contribution >= 4 is 11.6 Å². The number of halogens is 1. The lowest BCUT2D eigenvalue weighted by molar-refractivity contribution is 0.462. The Morgan fingerprint density at radius 3 is 2.20 bits per heavy atom. The summed E-state index contributed by atoms with van der Waals surface area (Å²) in [6, 6.07) is 12.1. The first-order valence-corrected chi connectivity index (χ1v) is 4.83. The van der Waals surface area contributed by atoms with Crippen molar-refractivity contribution in [2.24, 2.45) is 0 Å². The highest BCUT2D eigenvalue weighted by Crippen LogP contribution is 2.36. The van der Waals surface area contributed by atoms with E-state index in [1.807, 2.05) is 30.3 Å². The van der Waals surface area contributed by atoms with Gasteiger partial charge in [-0.3, -0.25) is 0 Å². The van der Waals surface area contributed by atoms with E-state index in [1.165, 1.54) is 12.1 Å². The van der Waals surface area contributed by atoms with Crippen LogP contribution < -0.4 is 0 Å². The molecule has 0 heterocycles. The van der Waals surface area contributed by atoms with E-state index >= 15 is 0 Å². The summed E-state index contributed by atoms with van der Waals surface area (Å²) in [6.07, 6.45) is 0. The molecule has 0 bridgehead atoms. The topological polar surface area (TPSA) is 40.5 Å². The van der Waals surface area contributed by atoms with Crippen molar-refractivity contribution in [2.75, 3.05) is 0 Å². The van der Waals surface area contributed by atoms with Crippen LogP contribution in [0, 0.1) is 0 Å². The maximum absolute atomic E-state index is 9.67. The lowest BCUT2D eigenvalue weighted by Crippen LogP contribution is -1.79. The first-order valence-electron chi connectivity index (χ1n) is 4.45. The average molecular weight is 221 g/mol. The van der Waals surface area contributed by atoms with Crippen molar-refractivity contribution in [3.63, 3.8) is 0 Å². The summed E-state index contributed by atoms with van der Waals surface area (Å²) in [4.78, 5) is 0. The van der Waals surface area contributed by atoms with Crippen LogP contribution in [0.2, 0.25) is 5.02 Å². The van der Waals surface area contributed by atoms with Gasteiger partial charge in [-0.25, -0.2) is 0 Å². The highest BCUT2D eigenvalue weighted by molar-refractivity contribution is 6.32. The molecule has 0 saturated heterocycles. The molecule has 3 heteroatoms. The first-order chi connectivity index (χ1) is 7.18. The van der Waals surface area contributed by atoms with Crippen LogP contribution in [0.1, 0.15) is 0 Å². The molecule has 0 amide bonds. The zero-order chi connectivity index (χ0) is 10.8. The van der Waals surface area contributed by atoms with Crippen LogP contribution in [-0.4, -0.2) is 10.2 Å². The van der Waals surface area contributed by atoms with Crippen molar-refractivity contribution < 1.29 is 10.2 Å². The zero-order valence-corrected chi connectivity index (χ0v) is 8.57. The zero-order valence-electron chi connectivity index (χ0n) is 7.81. The van der Waals surface area contributed by atoms with Gasteiger partial charge in [0.2, 0.25) is 0 Å². The van der Waals surface area contributed by atoms with E-state index < -0.39 is 0 Å². The van der Waals surface area contributed by atoms with Gasteiger partial charge < -0.3 is 10.2 Å². The predicted octanol–water partition coefficient (Wildman–Crippen LogP) is 3.42. The summed E-state index contributed by atoms with van der Waals surface area (Å²) in [7, 11) is 0. The molecule has 0 fully saturated rings. The third-order valence-electron chi connectivity index (χ3n) is 2.15. The largest absolute Gasteiger partial charge is 0.507 e. The monoisotopic (exact) mass is 220 g/mol. The van der Waals surface area contributed by atoms with E-state index in [0.717, 1.165) is 5.56 Å². The summed E-state index contributed by atoms with van der Waals surface area (Å²) in [5, 5.41) is 19.3. The number of phenols is 2. The molecule has 2 aromatic carbocycles. The molecular formula is C12H9ClO2. The normalized spacial score (nSPS) is 10.2. The van der Waals surface area contributed by atoms with Gasteiger partial charge in [-0.1, -0.05) is 41.9 Å². The molecule has 2 rings (SSSR count). The van der Waals surface area contributed by atoms with Crippen LogP contribution in [0.5, 0.6) is 11.5 Å². The van der Waals surface area contributed by atoms with Crippen molar-refractivity contribution in [3.05, 3.63) is 47.5 Å². The molecule has 0 aliphatic rings. The van der Waals surface area contributed by atoms with Gasteiger partial charge in [-0.15, -0.1) is 0 Å². The lowest BCUT2D eigenvalue weighted by atomic mass is 10.0. The molecule has 2 nitrogen and oxygen atoms in total. The van der Waals surface area contributed by atoms with Gasteiger partial charge in [0.05, 0.1) is 5.02 Å². The molecule has 2 N–H and O–H groups in total. The van der Waals surface area contributed by atoms with Gasteiger partial charge in [0, 0.05) is 11.6 Å². The van der Waals surface area contributed by atoms with Crippen LogP contribution in [0.25, 0.3) is 11.1 Å². The van der Waals surface area contributed by atoms with Crippen LogP contribution >= 0.6 is 11.6 Å². The van der Waals surface area contributed by atoms with Gasteiger partial charge in [0.15, 0.2) is 0 Å². The average Bonchev–Trinajstić information content (AvgIpc) is 2.25. The fourth-order valence-electron chi connectivity index (χ4n) is 1.40. The quantitative estimate of drug-likeness (QED) is 0.723. The minimum Gasteiger partial charge on any atom is -0.507 e. The summed E-state index contributed by atoms with van der Waals surface area (Å²) in [5.74, 6) is 0.0253. The second-order valence-electron chi connectivity index (χ2n) is 3.19. The van der Waals surface area contributed by atoms with Crippen molar-refractivity contribution in [2.45, 2.75) is 0 Å². The van der Waals surface area contributed by atoms with Crippen molar-refractivity contribution in [1.29, 1.82) is 0 Å². The summed E-state index contributed by atoms with van der Waals surface area (Å²) in [5.41, 5.74) is 1.40. The molecule has 0 radical (unpaired) electrons. The SMILES string of the molecule is Oc1cc(-c2ccccc2)c(O)cc1Cl. The molecule has 15 heavy (non-hydrogen) atoms. The Hall–Kier alpha value is -1.67. The fourth-order valence-corrected chi connectivity index (χ4v) is 1.56. The van der Waals surface area contributed by atoms with Crippen LogP contribution in [0.3, 0.4) is 0 Å². The van der Waals surface area contributed by atoms with E-state index in [4.69, 9.17) is 11.6 Å². The maximum atomic E-state index is 9.67. The minimum atomic E-state index is -0.0340. The van der Waals surface area contributed by atoms with Gasteiger partial charge in [0.25, 0.3) is 0 Å². The summed E-state index contributed by atoms with van der Waals surface area (Å²) in [6.45, 7) is 0. The highest BCUT2D eigenvalue weighted by Gasteiger charge is 2.08. The Morgan fingerprint density at radius 1 is 0.867 bits per heavy atom. The van der Waals surface area contributed by atoms with Gasteiger partial charge in [-0.05, 0) is 11.6 Å². The van der Waals surface area contributed by atoms with Crippen LogP contribution in [0.4, 0.5) is 0 Å². The van der Waals surface area contributed by atoms with E-state index in [0.29, 0.717) is 5.56 Å². The number of rotatable bonds is 1. The second kappa shape index (κ2) is 3.83. The molecular weight excluding hydrogens is 212 g/mol. The molecule has 0 spiro atoms. The molecule has 0 aliphatic carbocycles. The predicted molar refractivity (Wildman–Crippen MR) is 60.2 cm³/mol. The van der Waals surface area contributed by atoms with Crippen LogP contribution in [-0.2, 0) is 0 Å². The first kappa shape index (κ1) is 9.87. The smallest absolute Gasteiger partial charge is 0.135 e. The van der Waals surface area contributed by atoms with Crippen molar-refractivity contribution in [3.8, 4) is 22.6 Å². The maximum Gasteiger partial charge on any atom is 0.135 e. The Labute approximate surface area is 92.4 Å². The van der Waals surface area contributed by atoms with E-state index in [2.05, 4.69) is 0 Å². The Kier molecular flexibility index (Phi) is 2.52. The van der Waals surface area contributed by atoms with Crippen LogP contribution in [0.15, 0.2) is 42.5 Å². The summed E-state index contributed by atoms with van der Waals surface area (Å²) < 4.78 is 0. The number of aromatic hydroxyl groups is 2. The van der Waals surface area contributed by atoms with E-state index in [1.54, 1.807) is 0 Å². The molecule has 76 valence electrons.